The number of fused-ring (bicyclic) bond motifs is 1. The Labute approximate surface area is 147 Å². The zero-order valence-electron chi connectivity index (χ0n) is 13.4. The van der Waals surface area contributed by atoms with E-state index in [1.54, 1.807) is 4.57 Å². The van der Waals surface area contributed by atoms with E-state index in [-0.39, 0.29) is 17.0 Å². The predicted molar refractivity (Wildman–Crippen MR) is 93.3 cm³/mol. The third kappa shape index (κ3) is 4.30. The second kappa shape index (κ2) is 7.14. The van der Waals surface area contributed by atoms with Crippen LogP contribution in [0.2, 0.25) is 0 Å². The molecule has 9 nitrogen and oxygen atoms in total. The van der Waals surface area contributed by atoms with Gasteiger partial charge in [0.05, 0.1) is 34.5 Å². The summed E-state index contributed by atoms with van der Waals surface area (Å²) in [5.74, 6) is 1.77. The Morgan fingerprint density at radius 3 is 2.76 bits per heavy atom. The number of nitro benzene ring substituents is 1. The molecule has 0 radical (unpaired) electrons. The van der Waals surface area contributed by atoms with E-state index in [0.29, 0.717) is 10.2 Å². The SMILES string of the molecule is C#CCn1c(=NC(=O)CN(C)S(C)(=O)=O)sc2cc([N+](=O)[O-])ccc21. The average molecular weight is 382 g/mol. The van der Waals surface area contributed by atoms with Crippen molar-refractivity contribution in [2.45, 2.75) is 6.54 Å². The first-order valence-electron chi connectivity index (χ1n) is 6.83. The molecule has 0 aliphatic carbocycles. The van der Waals surface area contributed by atoms with Gasteiger partial charge in [0.1, 0.15) is 0 Å². The number of carbonyl (C=O) groups excluding carboxylic acids is 1. The highest BCUT2D eigenvalue weighted by atomic mass is 32.2. The first-order valence-corrected chi connectivity index (χ1v) is 9.50. The number of aromatic nitrogens is 1. The van der Waals surface area contributed by atoms with Gasteiger partial charge in [0.15, 0.2) is 4.80 Å². The zero-order valence-corrected chi connectivity index (χ0v) is 15.0. The topological polar surface area (TPSA) is 115 Å². The number of benzene rings is 1. The lowest BCUT2D eigenvalue weighted by Gasteiger charge is -2.10. The standard InChI is InChI=1S/C14H14N4O5S2/c1-4-7-17-11-6-5-10(18(20)21)8-12(11)24-14(17)15-13(19)9-16(2)25(3,22)23/h1,5-6,8H,7,9H2,2-3H3. The molecule has 0 saturated heterocycles. The van der Waals surface area contributed by atoms with Crippen LogP contribution in [-0.4, -0.2) is 48.0 Å². The van der Waals surface area contributed by atoms with Crippen LogP contribution in [-0.2, 0) is 21.4 Å². The number of hydrogen-bond acceptors (Lipinski definition) is 6. The Morgan fingerprint density at radius 2 is 2.20 bits per heavy atom. The van der Waals surface area contributed by atoms with E-state index in [1.807, 2.05) is 0 Å². The second-order valence-corrected chi connectivity index (χ2v) is 8.21. The highest BCUT2D eigenvalue weighted by Crippen LogP contribution is 2.23. The smallest absolute Gasteiger partial charge is 0.270 e. The molecule has 0 atom stereocenters. The Bertz CT molecular complexity index is 1060. The van der Waals surface area contributed by atoms with Gasteiger partial charge in [0, 0.05) is 19.2 Å². The molecule has 0 aliphatic heterocycles. The van der Waals surface area contributed by atoms with Crippen molar-refractivity contribution < 1.29 is 18.1 Å². The Morgan fingerprint density at radius 1 is 1.52 bits per heavy atom. The molecular weight excluding hydrogens is 368 g/mol. The van der Waals surface area contributed by atoms with Gasteiger partial charge in [-0.05, 0) is 6.07 Å². The molecule has 0 bridgehead atoms. The van der Waals surface area contributed by atoms with Crippen LogP contribution in [0, 0.1) is 22.5 Å². The highest BCUT2D eigenvalue weighted by molar-refractivity contribution is 7.88. The summed E-state index contributed by atoms with van der Waals surface area (Å²) in [4.78, 5) is 26.6. The summed E-state index contributed by atoms with van der Waals surface area (Å²) in [6, 6.07) is 4.25. The maximum atomic E-state index is 12.0. The van der Waals surface area contributed by atoms with Gasteiger partial charge >= 0.3 is 0 Å². The summed E-state index contributed by atoms with van der Waals surface area (Å²) >= 11 is 1.07. The molecule has 0 aliphatic rings. The first kappa shape index (κ1) is 18.8. The van der Waals surface area contributed by atoms with Gasteiger partial charge in [0.2, 0.25) is 10.0 Å². The van der Waals surface area contributed by atoms with E-state index >= 15 is 0 Å². The largest absolute Gasteiger partial charge is 0.305 e. The molecule has 0 unspecified atom stereocenters. The number of rotatable bonds is 5. The van der Waals surface area contributed by atoms with Crippen LogP contribution in [0.25, 0.3) is 10.2 Å². The van der Waals surface area contributed by atoms with Crippen molar-refractivity contribution in [2.24, 2.45) is 4.99 Å². The molecule has 1 amide bonds. The van der Waals surface area contributed by atoms with E-state index in [1.165, 1.54) is 25.2 Å². The fourth-order valence-corrected chi connectivity index (χ4v) is 3.38. The molecule has 0 N–H and O–H groups in total. The second-order valence-electron chi connectivity index (χ2n) is 5.11. The number of amides is 1. The zero-order chi connectivity index (χ0) is 18.8. The van der Waals surface area contributed by atoms with Crippen LogP contribution in [0.15, 0.2) is 23.2 Å². The normalized spacial score (nSPS) is 12.5. The summed E-state index contributed by atoms with van der Waals surface area (Å²) in [5, 5.41) is 10.9. The molecule has 1 aromatic carbocycles. The van der Waals surface area contributed by atoms with Crippen molar-refractivity contribution >= 4 is 43.2 Å². The maximum Gasteiger partial charge on any atom is 0.270 e. The molecule has 1 aromatic heterocycles. The van der Waals surface area contributed by atoms with Crippen molar-refractivity contribution in [1.82, 2.24) is 8.87 Å². The molecule has 11 heteroatoms. The predicted octanol–water partition coefficient (Wildman–Crippen LogP) is 0.563. The monoisotopic (exact) mass is 382 g/mol. The van der Waals surface area contributed by atoms with Gasteiger partial charge in [-0.2, -0.15) is 9.30 Å². The van der Waals surface area contributed by atoms with Gasteiger partial charge in [-0.15, -0.1) is 6.42 Å². The average Bonchev–Trinajstić information content (AvgIpc) is 2.83. The van der Waals surface area contributed by atoms with E-state index < -0.39 is 27.4 Å². The van der Waals surface area contributed by atoms with Crippen LogP contribution >= 0.6 is 11.3 Å². The van der Waals surface area contributed by atoms with Gasteiger partial charge in [-0.25, -0.2) is 8.42 Å². The van der Waals surface area contributed by atoms with E-state index in [0.717, 1.165) is 21.9 Å². The van der Waals surface area contributed by atoms with Crippen molar-refractivity contribution in [2.75, 3.05) is 19.8 Å². The Balaban J connectivity index is 2.52. The minimum atomic E-state index is -3.51. The fourth-order valence-electron chi connectivity index (χ4n) is 1.95. The highest BCUT2D eigenvalue weighted by Gasteiger charge is 2.16. The van der Waals surface area contributed by atoms with Gasteiger partial charge < -0.3 is 4.57 Å². The molecule has 1 heterocycles. The lowest BCUT2D eigenvalue weighted by molar-refractivity contribution is -0.384. The number of non-ortho nitro benzene ring substituents is 1. The molecular formula is C14H14N4O5S2. The van der Waals surface area contributed by atoms with Crippen LogP contribution in [0.3, 0.4) is 0 Å². The number of nitrogens with zero attached hydrogens (tertiary/aromatic N) is 4. The van der Waals surface area contributed by atoms with Crippen molar-refractivity contribution in [1.29, 1.82) is 0 Å². The summed E-state index contributed by atoms with van der Waals surface area (Å²) < 4.78 is 25.7. The number of hydrogen-bond donors (Lipinski definition) is 0. The molecule has 0 saturated carbocycles. The van der Waals surface area contributed by atoms with Crippen molar-refractivity contribution in [3.63, 3.8) is 0 Å². The Hall–Kier alpha value is -2.55. The molecule has 0 spiro atoms. The lowest BCUT2D eigenvalue weighted by Crippen LogP contribution is -2.31. The minimum absolute atomic E-state index is 0.0868. The minimum Gasteiger partial charge on any atom is -0.305 e. The van der Waals surface area contributed by atoms with E-state index in [9.17, 15) is 23.3 Å². The van der Waals surface area contributed by atoms with E-state index in [2.05, 4.69) is 10.9 Å². The summed E-state index contributed by atoms with van der Waals surface area (Å²) in [5.41, 5.74) is 0.521. The van der Waals surface area contributed by atoms with Gasteiger partial charge in [-0.1, -0.05) is 17.3 Å². The first-order chi connectivity index (χ1) is 11.6. The number of sulfonamides is 1. The summed E-state index contributed by atoms with van der Waals surface area (Å²) in [7, 11) is -2.24. The van der Waals surface area contributed by atoms with Crippen molar-refractivity contribution in [3.05, 3.63) is 33.1 Å². The molecule has 2 aromatic rings. The van der Waals surface area contributed by atoms with Crippen molar-refractivity contribution in [3.8, 4) is 12.3 Å². The van der Waals surface area contributed by atoms with Gasteiger partial charge in [-0.3, -0.25) is 14.9 Å². The molecule has 0 fully saturated rings. The number of likely N-dealkylation sites (N-methyl/N-ethyl adjacent to an activating group) is 1. The molecule has 25 heavy (non-hydrogen) atoms. The van der Waals surface area contributed by atoms with Crippen LogP contribution in [0.1, 0.15) is 0 Å². The number of nitro groups is 1. The third-order valence-electron chi connectivity index (χ3n) is 3.27. The van der Waals surface area contributed by atoms with E-state index in [4.69, 9.17) is 6.42 Å². The fraction of sp³-hybridized carbons (Fsp3) is 0.286. The number of carbonyl (C=O) groups is 1. The lowest BCUT2D eigenvalue weighted by atomic mass is 10.3. The molecule has 132 valence electrons. The van der Waals surface area contributed by atoms with Gasteiger partial charge in [0.25, 0.3) is 11.6 Å². The number of terminal acetylenes is 1. The van der Waals surface area contributed by atoms with Crippen LogP contribution < -0.4 is 4.80 Å². The quantitative estimate of drug-likeness (QED) is 0.426. The third-order valence-corrected chi connectivity index (χ3v) is 5.57. The van der Waals surface area contributed by atoms with Crippen LogP contribution in [0.4, 0.5) is 5.69 Å². The summed E-state index contributed by atoms with van der Waals surface area (Å²) in [6.07, 6.45) is 6.32. The number of thiazole rings is 1. The maximum absolute atomic E-state index is 12.0. The Kier molecular flexibility index (Phi) is 5.36. The summed E-state index contributed by atoms with van der Waals surface area (Å²) in [6.45, 7) is -0.297. The van der Waals surface area contributed by atoms with Crippen LogP contribution in [0.5, 0.6) is 0 Å². The molecule has 2 rings (SSSR count).